The van der Waals surface area contributed by atoms with Gasteiger partial charge in [-0.15, -0.1) is 0 Å². The fraction of sp³-hybridized carbons (Fsp3) is 0. The first-order valence-corrected chi connectivity index (χ1v) is 8.46. The lowest BCUT2D eigenvalue weighted by molar-refractivity contribution is 1.20. The highest BCUT2D eigenvalue weighted by Crippen LogP contribution is 2.27. The predicted octanol–water partition coefficient (Wildman–Crippen LogP) is 6.32. The summed E-state index contributed by atoms with van der Waals surface area (Å²) in [6, 6.07) is 26.2. The van der Waals surface area contributed by atoms with Crippen molar-refractivity contribution in [3.05, 3.63) is 110 Å². The first kappa shape index (κ1) is 15.2. The summed E-state index contributed by atoms with van der Waals surface area (Å²) >= 11 is 0. The van der Waals surface area contributed by atoms with Gasteiger partial charge in [-0.25, -0.2) is 0 Å². The zero-order valence-electron chi connectivity index (χ0n) is 13.9. The Balaban J connectivity index is 0.000000190. The lowest BCUT2D eigenvalue weighted by Gasteiger charge is -2.04. The number of hydrogen-bond acceptors (Lipinski definition) is 1. The molecule has 4 aromatic rings. The van der Waals surface area contributed by atoms with Crippen LogP contribution in [0, 0.1) is 0 Å². The Morgan fingerprint density at radius 2 is 0.760 bits per heavy atom. The highest BCUT2D eigenvalue weighted by molar-refractivity contribution is 6.04. The molecule has 0 amide bonds. The van der Waals surface area contributed by atoms with E-state index < -0.39 is 0 Å². The second-order valence-corrected chi connectivity index (χ2v) is 6.02. The molecule has 4 aromatic carbocycles. The van der Waals surface area contributed by atoms with Crippen LogP contribution in [-0.2, 0) is 0 Å². The van der Waals surface area contributed by atoms with Gasteiger partial charge in [-0.2, -0.15) is 0 Å². The number of fused-ring (bicyclic) bond motifs is 3. The Labute approximate surface area is 147 Å². The molecule has 0 aliphatic carbocycles. The number of nitrogens with one attached hydrogen (secondary N) is 1. The maximum absolute atomic E-state index is 2.92. The van der Waals surface area contributed by atoms with Gasteiger partial charge in [-0.1, -0.05) is 60.7 Å². The van der Waals surface area contributed by atoms with Crippen LogP contribution in [0.2, 0.25) is 0 Å². The third kappa shape index (κ3) is 3.46. The Morgan fingerprint density at radius 1 is 0.400 bits per heavy atom. The molecule has 0 radical (unpaired) electrons. The van der Waals surface area contributed by atoms with Crippen molar-refractivity contribution in [1.29, 1.82) is 0 Å². The van der Waals surface area contributed by atoms with Crippen molar-refractivity contribution in [3.8, 4) is 0 Å². The summed E-state index contributed by atoms with van der Waals surface area (Å²) in [6.45, 7) is 0. The van der Waals surface area contributed by atoms with Gasteiger partial charge < -0.3 is 5.32 Å². The molecule has 1 heterocycles. The maximum atomic E-state index is 2.92. The number of allylic oxidation sites excluding steroid dienone is 4. The summed E-state index contributed by atoms with van der Waals surface area (Å²) in [7, 11) is 0. The van der Waals surface area contributed by atoms with E-state index in [0.717, 1.165) is 0 Å². The smallest absolute Gasteiger partial charge is 0.000442 e. The van der Waals surface area contributed by atoms with Crippen molar-refractivity contribution in [2.75, 3.05) is 0 Å². The van der Waals surface area contributed by atoms with E-state index in [1.54, 1.807) is 0 Å². The standard InChI is InChI=1S/C18H12.C6H7N/c1-2-6-14-10-18-12-16-8-4-3-7-15(16)11-17(18)9-13(14)5-1;1-2-4-6-7-5-3-1/h1-12H;1-7H. The minimum atomic E-state index is 1.31. The number of rotatable bonds is 0. The minimum absolute atomic E-state index is 1.31. The third-order valence-corrected chi connectivity index (χ3v) is 4.29. The first-order valence-electron chi connectivity index (χ1n) is 8.46. The molecular weight excluding hydrogens is 302 g/mol. The zero-order valence-corrected chi connectivity index (χ0v) is 13.9. The van der Waals surface area contributed by atoms with Crippen LogP contribution in [0.1, 0.15) is 0 Å². The van der Waals surface area contributed by atoms with Gasteiger partial charge in [0.1, 0.15) is 0 Å². The molecule has 25 heavy (non-hydrogen) atoms. The van der Waals surface area contributed by atoms with E-state index in [2.05, 4.69) is 78.1 Å². The fourth-order valence-electron chi connectivity index (χ4n) is 3.04. The molecule has 1 aliphatic heterocycles. The zero-order chi connectivity index (χ0) is 16.9. The van der Waals surface area contributed by atoms with Crippen molar-refractivity contribution in [2.24, 2.45) is 0 Å². The molecule has 0 saturated carbocycles. The lowest BCUT2D eigenvalue weighted by Crippen LogP contribution is -1.87. The highest BCUT2D eigenvalue weighted by atomic mass is 14.8. The van der Waals surface area contributed by atoms with Gasteiger partial charge in [0.15, 0.2) is 0 Å². The van der Waals surface area contributed by atoms with Crippen molar-refractivity contribution in [2.45, 2.75) is 0 Å². The Bertz CT molecular complexity index is 959. The normalized spacial score (nSPS) is 12.6. The van der Waals surface area contributed by atoms with E-state index in [9.17, 15) is 0 Å². The Hall–Kier alpha value is -3.32. The molecule has 1 heteroatoms. The molecule has 1 N–H and O–H groups in total. The molecule has 0 atom stereocenters. The largest absolute Gasteiger partial charge is 0.368 e. The van der Waals surface area contributed by atoms with E-state index in [4.69, 9.17) is 0 Å². The summed E-state index contributed by atoms with van der Waals surface area (Å²) < 4.78 is 0. The Kier molecular flexibility index (Phi) is 4.30. The van der Waals surface area contributed by atoms with E-state index in [1.807, 2.05) is 36.7 Å². The van der Waals surface area contributed by atoms with Crippen molar-refractivity contribution in [3.63, 3.8) is 0 Å². The molecule has 0 saturated heterocycles. The van der Waals surface area contributed by atoms with Crippen LogP contribution in [0.3, 0.4) is 0 Å². The van der Waals surface area contributed by atoms with E-state index in [-0.39, 0.29) is 0 Å². The summed E-state index contributed by atoms with van der Waals surface area (Å²) in [6.07, 6.45) is 11.6. The van der Waals surface area contributed by atoms with E-state index >= 15 is 0 Å². The molecule has 0 fully saturated rings. The van der Waals surface area contributed by atoms with Gasteiger partial charge in [0.2, 0.25) is 0 Å². The average molecular weight is 321 g/mol. The van der Waals surface area contributed by atoms with Crippen LogP contribution >= 0.6 is 0 Å². The minimum Gasteiger partial charge on any atom is -0.368 e. The SMILES string of the molecule is C1=CC=CNC=C1.c1ccc2cc3cc4ccccc4cc3cc2c1. The van der Waals surface area contributed by atoms with Crippen LogP contribution < -0.4 is 5.32 Å². The van der Waals surface area contributed by atoms with Crippen LogP contribution in [0.25, 0.3) is 32.3 Å². The molecule has 1 aliphatic rings. The van der Waals surface area contributed by atoms with Crippen LogP contribution in [-0.4, -0.2) is 0 Å². The van der Waals surface area contributed by atoms with E-state index in [1.165, 1.54) is 32.3 Å². The van der Waals surface area contributed by atoms with Gasteiger partial charge in [0, 0.05) is 12.4 Å². The van der Waals surface area contributed by atoms with E-state index in [0.29, 0.717) is 0 Å². The molecule has 0 spiro atoms. The lowest BCUT2D eigenvalue weighted by atomic mass is 10.00. The molecule has 0 bridgehead atoms. The average Bonchev–Trinajstić information content (AvgIpc) is 2.98. The predicted molar refractivity (Wildman–Crippen MR) is 110 cm³/mol. The fourth-order valence-corrected chi connectivity index (χ4v) is 3.04. The molecule has 5 rings (SSSR count). The summed E-state index contributed by atoms with van der Waals surface area (Å²) in [5.74, 6) is 0. The van der Waals surface area contributed by atoms with Crippen LogP contribution in [0.15, 0.2) is 110 Å². The van der Waals surface area contributed by atoms with Crippen molar-refractivity contribution < 1.29 is 0 Å². The highest BCUT2D eigenvalue weighted by Gasteiger charge is 2.00. The monoisotopic (exact) mass is 321 g/mol. The topological polar surface area (TPSA) is 12.0 Å². The van der Waals surface area contributed by atoms with Gasteiger partial charge in [0.25, 0.3) is 0 Å². The molecule has 0 aromatic heterocycles. The third-order valence-electron chi connectivity index (χ3n) is 4.29. The first-order chi connectivity index (χ1) is 12.4. The van der Waals surface area contributed by atoms with Gasteiger partial charge in [0.05, 0.1) is 0 Å². The number of benzene rings is 4. The number of hydrogen-bond donors (Lipinski definition) is 1. The van der Waals surface area contributed by atoms with Gasteiger partial charge >= 0.3 is 0 Å². The van der Waals surface area contributed by atoms with Gasteiger partial charge in [-0.05, 0) is 68.7 Å². The summed E-state index contributed by atoms with van der Waals surface area (Å²) in [5.41, 5.74) is 0. The van der Waals surface area contributed by atoms with Crippen LogP contribution in [0.4, 0.5) is 0 Å². The second kappa shape index (κ2) is 7.06. The molecule has 0 unspecified atom stereocenters. The quantitative estimate of drug-likeness (QED) is 0.374. The van der Waals surface area contributed by atoms with Crippen molar-refractivity contribution >= 4 is 32.3 Å². The molecular formula is C24H19N. The van der Waals surface area contributed by atoms with Crippen LogP contribution in [0.5, 0.6) is 0 Å². The molecule has 1 nitrogen and oxygen atoms in total. The second-order valence-electron chi connectivity index (χ2n) is 6.02. The summed E-state index contributed by atoms with van der Waals surface area (Å²) in [5, 5.41) is 10.8. The Morgan fingerprint density at radius 3 is 1.12 bits per heavy atom. The molecule has 120 valence electrons. The summed E-state index contributed by atoms with van der Waals surface area (Å²) in [4.78, 5) is 0. The van der Waals surface area contributed by atoms with Gasteiger partial charge in [-0.3, -0.25) is 0 Å². The van der Waals surface area contributed by atoms with Crippen molar-refractivity contribution in [1.82, 2.24) is 5.32 Å². The maximum Gasteiger partial charge on any atom is 0.000442 e.